The van der Waals surface area contributed by atoms with Gasteiger partial charge in [0.05, 0.1) is 18.5 Å². The van der Waals surface area contributed by atoms with E-state index in [2.05, 4.69) is 41.7 Å². The molecule has 196 valence electrons. The maximum Gasteiger partial charge on any atom is 0.271 e. The van der Waals surface area contributed by atoms with Crippen molar-refractivity contribution in [1.29, 1.82) is 0 Å². The summed E-state index contributed by atoms with van der Waals surface area (Å²) in [5.41, 5.74) is 11.6. The fraction of sp³-hybridized carbons (Fsp3) is 0.333. The van der Waals surface area contributed by atoms with E-state index in [1.54, 1.807) is 19.3 Å². The lowest BCUT2D eigenvalue weighted by Crippen LogP contribution is -2.44. The number of aryl methyl sites for hydroxylation is 1. The molecule has 1 heterocycles. The van der Waals surface area contributed by atoms with Gasteiger partial charge in [0.1, 0.15) is 5.75 Å². The molecule has 7 nitrogen and oxygen atoms in total. The first kappa shape index (κ1) is 27.7. The predicted octanol–water partition coefficient (Wildman–Crippen LogP) is 4.87. The van der Waals surface area contributed by atoms with E-state index >= 15 is 0 Å². The highest BCUT2D eigenvalue weighted by molar-refractivity contribution is 6.09. The monoisotopic (exact) mass is 501 g/mol. The number of carbonyl (C=O) groups is 1. The number of piperazine rings is 1. The molecule has 0 aliphatic carbocycles. The molecule has 0 unspecified atom stereocenters. The third-order valence-electron chi connectivity index (χ3n) is 6.44. The zero-order chi connectivity index (χ0) is 26.8. The van der Waals surface area contributed by atoms with Crippen molar-refractivity contribution in [2.45, 2.75) is 26.7 Å². The van der Waals surface area contributed by atoms with Gasteiger partial charge in [-0.25, -0.2) is 0 Å². The molecule has 0 saturated carbocycles. The van der Waals surface area contributed by atoms with Crippen LogP contribution in [0.5, 0.6) is 5.75 Å². The molecule has 0 aromatic heterocycles. The molecule has 3 rings (SSSR count). The van der Waals surface area contributed by atoms with Crippen LogP contribution < -0.4 is 20.7 Å². The highest BCUT2D eigenvalue weighted by Gasteiger charge is 2.15. The number of rotatable bonds is 10. The second-order valence-electron chi connectivity index (χ2n) is 9.02. The molecule has 0 radical (unpaired) electrons. The molecule has 1 fully saturated rings. The van der Waals surface area contributed by atoms with E-state index in [4.69, 9.17) is 15.5 Å². The van der Waals surface area contributed by atoms with Crippen molar-refractivity contribution >= 4 is 28.7 Å². The van der Waals surface area contributed by atoms with Crippen molar-refractivity contribution in [3.8, 4) is 5.75 Å². The molecule has 0 spiro atoms. The summed E-state index contributed by atoms with van der Waals surface area (Å²) >= 11 is 0. The second-order valence-corrected chi connectivity index (χ2v) is 9.02. The number of aliphatic imine (C=N–C) groups is 1. The number of anilines is 2. The van der Waals surface area contributed by atoms with Gasteiger partial charge in [-0.15, -0.1) is 0 Å². The van der Waals surface area contributed by atoms with Gasteiger partial charge in [0.15, 0.2) is 0 Å². The van der Waals surface area contributed by atoms with Crippen LogP contribution in [0.1, 0.15) is 31.4 Å². The van der Waals surface area contributed by atoms with Gasteiger partial charge in [-0.2, -0.15) is 0 Å². The number of nitrogens with one attached hydrogen (secondary N) is 1. The van der Waals surface area contributed by atoms with Crippen molar-refractivity contribution < 1.29 is 9.53 Å². The number of amides is 1. The Labute approximate surface area is 221 Å². The molecule has 2 aromatic rings. The summed E-state index contributed by atoms with van der Waals surface area (Å²) in [5, 5.41) is 2.89. The van der Waals surface area contributed by atoms with E-state index in [0.29, 0.717) is 17.8 Å². The summed E-state index contributed by atoms with van der Waals surface area (Å²) in [5.74, 6) is 0.488. The van der Waals surface area contributed by atoms with Crippen LogP contribution in [0.3, 0.4) is 0 Å². The van der Waals surface area contributed by atoms with Crippen LogP contribution in [0.2, 0.25) is 0 Å². The van der Waals surface area contributed by atoms with Crippen LogP contribution >= 0.6 is 0 Å². The SMILES string of the molecule is C=C/C=C(\N=C(C=C(N)C(=O)Nc1ccc(N2CCN(C)CC2)cc1)CC)c1ccc(OC)c(CC)c1. The van der Waals surface area contributed by atoms with E-state index in [1.807, 2.05) is 49.4 Å². The second kappa shape index (κ2) is 13.5. The summed E-state index contributed by atoms with van der Waals surface area (Å²) in [6, 6.07) is 13.9. The normalized spacial score (nSPS) is 15.5. The molecule has 0 atom stereocenters. The minimum absolute atomic E-state index is 0.102. The highest BCUT2D eigenvalue weighted by atomic mass is 16.5. The maximum absolute atomic E-state index is 12.8. The molecule has 3 N–H and O–H groups in total. The lowest BCUT2D eigenvalue weighted by Gasteiger charge is -2.34. The van der Waals surface area contributed by atoms with Crippen LogP contribution in [-0.2, 0) is 11.2 Å². The molecule has 0 bridgehead atoms. The summed E-state index contributed by atoms with van der Waals surface area (Å²) in [6.45, 7) is 12.0. The van der Waals surface area contributed by atoms with Crippen molar-refractivity contribution in [3.05, 3.63) is 84.1 Å². The molecular weight excluding hydrogens is 462 g/mol. The third kappa shape index (κ3) is 7.57. The van der Waals surface area contributed by atoms with Gasteiger partial charge in [0.2, 0.25) is 0 Å². The van der Waals surface area contributed by atoms with E-state index in [-0.39, 0.29) is 11.6 Å². The molecule has 1 saturated heterocycles. The number of methoxy groups -OCH3 is 1. The average Bonchev–Trinajstić information content (AvgIpc) is 2.92. The first-order chi connectivity index (χ1) is 17.9. The Kier molecular flexibility index (Phi) is 10.1. The van der Waals surface area contributed by atoms with Crippen molar-refractivity contribution in [1.82, 2.24) is 4.90 Å². The fourth-order valence-electron chi connectivity index (χ4n) is 4.16. The van der Waals surface area contributed by atoms with E-state index in [9.17, 15) is 4.79 Å². The number of nitrogens with zero attached hydrogens (tertiary/aromatic N) is 3. The zero-order valence-electron chi connectivity index (χ0n) is 22.5. The van der Waals surface area contributed by atoms with Crippen LogP contribution in [0.4, 0.5) is 11.4 Å². The molecular formula is C30H39N5O2. The van der Waals surface area contributed by atoms with Crippen LogP contribution in [0.25, 0.3) is 5.70 Å². The number of hydrogen-bond donors (Lipinski definition) is 2. The quantitative estimate of drug-likeness (QED) is 0.276. The third-order valence-corrected chi connectivity index (χ3v) is 6.44. The number of benzene rings is 2. The Bertz CT molecular complexity index is 1170. The van der Waals surface area contributed by atoms with E-state index in [1.165, 1.54) is 0 Å². The fourth-order valence-corrected chi connectivity index (χ4v) is 4.16. The van der Waals surface area contributed by atoms with Gasteiger partial charge in [-0.3, -0.25) is 9.79 Å². The summed E-state index contributed by atoms with van der Waals surface area (Å²) < 4.78 is 5.45. The summed E-state index contributed by atoms with van der Waals surface area (Å²) in [4.78, 5) is 22.3. The maximum atomic E-state index is 12.8. The molecule has 7 heteroatoms. The molecule has 2 aromatic carbocycles. The largest absolute Gasteiger partial charge is 0.496 e. The number of likely N-dealkylation sites (N-methyl/N-ethyl adjacent to an activating group) is 1. The number of allylic oxidation sites excluding steroid dienone is 3. The lowest BCUT2D eigenvalue weighted by molar-refractivity contribution is -0.112. The van der Waals surface area contributed by atoms with E-state index in [0.717, 1.165) is 60.9 Å². The number of nitrogens with two attached hydrogens (primary N) is 1. The van der Waals surface area contributed by atoms with Gasteiger partial charge in [0.25, 0.3) is 5.91 Å². The predicted molar refractivity (Wildman–Crippen MR) is 155 cm³/mol. The minimum Gasteiger partial charge on any atom is -0.496 e. The topological polar surface area (TPSA) is 83.2 Å². The number of ether oxygens (including phenoxy) is 1. The molecule has 1 aliphatic heterocycles. The van der Waals surface area contributed by atoms with Gasteiger partial charge < -0.3 is 25.6 Å². The Morgan fingerprint density at radius 1 is 1.14 bits per heavy atom. The first-order valence-electron chi connectivity index (χ1n) is 12.8. The Hall–Kier alpha value is -3.84. The van der Waals surface area contributed by atoms with Crippen LogP contribution in [0.15, 0.2) is 78.0 Å². The first-order valence-corrected chi connectivity index (χ1v) is 12.8. The van der Waals surface area contributed by atoms with Gasteiger partial charge in [0, 0.05) is 48.8 Å². The Balaban J connectivity index is 1.73. The van der Waals surface area contributed by atoms with Gasteiger partial charge >= 0.3 is 0 Å². The number of hydrogen-bond acceptors (Lipinski definition) is 6. The zero-order valence-corrected chi connectivity index (χ0v) is 22.5. The van der Waals surface area contributed by atoms with Crippen LogP contribution in [0, 0.1) is 0 Å². The van der Waals surface area contributed by atoms with Crippen molar-refractivity contribution in [2.75, 3.05) is 50.6 Å². The molecule has 1 aliphatic rings. The van der Waals surface area contributed by atoms with Crippen molar-refractivity contribution in [2.24, 2.45) is 10.7 Å². The standard InChI is InChI=1S/C30H39N5O2/c1-6-9-28(23-10-15-29(37-5)22(7-2)20-23)32-24(8-3)21-27(31)30(36)33-25-11-13-26(14-12-25)35-18-16-34(4)17-19-35/h6,9-15,20-21H,1,7-8,16-19,31H2,2-5H3,(H,33,36)/b27-21?,28-9-,32-24?. The minimum atomic E-state index is -0.361. The van der Waals surface area contributed by atoms with Gasteiger partial charge in [-0.1, -0.05) is 26.5 Å². The van der Waals surface area contributed by atoms with Gasteiger partial charge in [-0.05, 0) is 80.1 Å². The Morgan fingerprint density at radius 3 is 2.43 bits per heavy atom. The average molecular weight is 502 g/mol. The summed E-state index contributed by atoms with van der Waals surface area (Å²) in [6.07, 6.45) is 6.64. The highest BCUT2D eigenvalue weighted by Crippen LogP contribution is 2.26. The van der Waals surface area contributed by atoms with E-state index < -0.39 is 0 Å². The van der Waals surface area contributed by atoms with Crippen LogP contribution in [-0.4, -0.2) is 56.9 Å². The Morgan fingerprint density at radius 2 is 1.84 bits per heavy atom. The smallest absolute Gasteiger partial charge is 0.271 e. The summed E-state index contributed by atoms with van der Waals surface area (Å²) in [7, 11) is 3.81. The van der Waals surface area contributed by atoms with Crippen molar-refractivity contribution in [3.63, 3.8) is 0 Å². The molecule has 1 amide bonds. The number of carbonyl (C=O) groups excluding carboxylic acids is 1. The molecule has 37 heavy (non-hydrogen) atoms. The lowest BCUT2D eigenvalue weighted by atomic mass is 10.0.